The van der Waals surface area contributed by atoms with Crippen LogP contribution in [0.2, 0.25) is 0 Å². The van der Waals surface area contributed by atoms with Gasteiger partial charge in [-0.1, -0.05) is 12.1 Å². The van der Waals surface area contributed by atoms with E-state index in [1.54, 1.807) is 24.3 Å². The summed E-state index contributed by atoms with van der Waals surface area (Å²) in [5, 5.41) is 20.6. The summed E-state index contributed by atoms with van der Waals surface area (Å²) in [4.78, 5) is 33.9. The third-order valence-electron chi connectivity index (χ3n) is 3.40. The van der Waals surface area contributed by atoms with Crippen LogP contribution in [-0.4, -0.2) is 31.9 Å². The average Bonchev–Trinajstić information content (AvgIpc) is 3.12. The van der Waals surface area contributed by atoms with Gasteiger partial charge in [-0.15, -0.1) is 0 Å². The molecule has 0 radical (unpaired) electrons. The lowest BCUT2D eigenvalue weighted by Gasteiger charge is -2.05. The number of nitrogens with zero attached hydrogens (tertiary/aromatic N) is 3. The quantitative estimate of drug-likeness (QED) is 0.671. The van der Waals surface area contributed by atoms with Crippen LogP contribution in [0.1, 0.15) is 26.4 Å². The van der Waals surface area contributed by atoms with Crippen LogP contribution in [0, 0.1) is 11.3 Å². The number of H-pyrrole nitrogens is 1. The Morgan fingerprint density at radius 3 is 2.60 bits per heavy atom. The number of carbonyl (C=O) groups is 2. The number of aromatic nitrogens is 3. The zero-order valence-electron chi connectivity index (χ0n) is 12.7. The monoisotopic (exact) mass is 333 g/mol. The molecule has 25 heavy (non-hydrogen) atoms. The molecule has 3 N–H and O–H groups in total. The fraction of sp³-hybridized carbons (Fsp3) is 0. The van der Waals surface area contributed by atoms with Crippen molar-refractivity contribution in [1.82, 2.24) is 15.0 Å². The molecule has 1 aromatic carbocycles. The van der Waals surface area contributed by atoms with E-state index in [1.165, 1.54) is 24.7 Å². The van der Waals surface area contributed by atoms with Crippen molar-refractivity contribution in [2.24, 2.45) is 0 Å². The smallest absolute Gasteiger partial charge is 0.354 e. The zero-order chi connectivity index (χ0) is 17.8. The maximum atomic E-state index is 12.2. The van der Waals surface area contributed by atoms with Crippen LogP contribution in [0.25, 0.3) is 11.3 Å². The number of carboxylic acids is 1. The van der Waals surface area contributed by atoms with Crippen molar-refractivity contribution in [1.29, 1.82) is 5.26 Å². The van der Waals surface area contributed by atoms with Gasteiger partial charge in [0, 0.05) is 17.3 Å². The van der Waals surface area contributed by atoms with E-state index in [1.807, 2.05) is 6.07 Å². The molecule has 2 aromatic heterocycles. The summed E-state index contributed by atoms with van der Waals surface area (Å²) in [5.41, 5.74) is 1.60. The fourth-order valence-electron chi connectivity index (χ4n) is 2.21. The summed E-state index contributed by atoms with van der Waals surface area (Å²) in [6.07, 6.45) is 2.73. The Morgan fingerprint density at radius 1 is 1.16 bits per heavy atom. The van der Waals surface area contributed by atoms with Crippen LogP contribution in [0.3, 0.4) is 0 Å². The van der Waals surface area contributed by atoms with E-state index in [4.69, 9.17) is 10.4 Å². The molecule has 0 spiro atoms. The van der Waals surface area contributed by atoms with Gasteiger partial charge in [-0.3, -0.25) is 4.79 Å². The Labute approximate surface area is 141 Å². The first-order valence-electron chi connectivity index (χ1n) is 7.13. The summed E-state index contributed by atoms with van der Waals surface area (Å²) in [6.45, 7) is 0. The number of carboxylic acid groups (broad SMARTS) is 1. The van der Waals surface area contributed by atoms with Crippen molar-refractivity contribution < 1.29 is 14.7 Å². The number of anilines is 1. The number of imidazole rings is 1. The predicted octanol–water partition coefficient (Wildman–Crippen LogP) is 2.29. The molecule has 2 heterocycles. The Balaban J connectivity index is 1.80. The molecule has 0 saturated carbocycles. The molecule has 0 fully saturated rings. The molecule has 0 saturated heterocycles. The van der Waals surface area contributed by atoms with Crippen molar-refractivity contribution in [3.8, 4) is 17.3 Å². The molecular weight excluding hydrogens is 322 g/mol. The number of rotatable bonds is 4. The molecule has 0 unspecified atom stereocenters. The molecule has 0 atom stereocenters. The van der Waals surface area contributed by atoms with Crippen LogP contribution in [0.15, 0.2) is 48.9 Å². The highest BCUT2D eigenvalue weighted by Gasteiger charge is 2.15. The molecule has 0 aliphatic rings. The van der Waals surface area contributed by atoms with Gasteiger partial charge in [-0.05, 0) is 24.3 Å². The van der Waals surface area contributed by atoms with Crippen molar-refractivity contribution in [3.63, 3.8) is 0 Å². The summed E-state index contributed by atoms with van der Waals surface area (Å²) >= 11 is 0. The van der Waals surface area contributed by atoms with E-state index in [-0.39, 0.29) is 11.5 Å². The van der Waals surface area contributed by atoms with Crippen molar-refractivity contribution >= 4 is 17.7 Å². The maximum Gasteiger partial charge on any atom is 0.354 e. The number of carbonyl (C=O) groups excluding carboxylic acids is 1. The zero-order valence-corrected chi connectivity index (χ0v) is 12.7. The number of pyridine rings is 1. The number of aromatic carboxylic acids is 1. The summed E-state index contributed by atoms with van der Waals surface area (Å²) in [6, 6.07) is 11.3. The van der Waals surface area contributed by atoms with E-state index < -0.39 is 11.9 Å². The molecule has 0 bridgehead atoms. The summed E-state index contributed by atoms with van der Waals surface area (Å²) in [7, 11) is 0. The van der Waals surface area contributed by atoms with Crippen molar-refractivity contribution in [2.45, 2.75) is 0 Å². The Morgan fingerprint density at radius 2 is 1.92 bits per heavy atom. The second-order valence-electron chi connectivity index (χ2n) is 5.00. The molecule has 0 aliphatic heterocycles. The minimum Gasteiger partial charge on any atom is -0.477 e. The van der Waals surface area contributed by atoms with Gasteiger partial charge in [0.25, 0.3) is 5.91 Å². The number of nitrogens with one attached hydrogen (secondary N) is 2. The summed E-state index contributed by atoms with van der Waals surface area (Å²) < 4.78 is 0. The maximum absolute atomic E-state index is 12.2. The lowest BCUT2D eigenvalue weighted by molar-refractivity contribution is 0.0691. The largest absolute Gasteiger partial charge is 0.477 e. The van der Waals surface area contributed by atoms with Crippen LogP contribution in [0.5, 0.6) is 0 Å². The van der Waals surface area contributed by atoms with Gasteiger partial charge >= 0.3 is 5.97 Å². The fourth-order valence-corrected chi connectivity index (χ4v) is 2.21. The van der Waals surface area contributed by atoms with Gasteiger partial charge in [0.1, 0.15) is 11.5 Å². The first kappa shape index (κ1) is 15.9. The predicted molar refractivity (Wildman–Crippen MR) is 87.9 cm³/mol. The minimum absolute atomic E-state index is 0.0188. The van der Waals surface area contributed by atoms with Gasteiger partial charge < -0.3 is 15.4 Å². The number of hydrogen-bond donors (Lipinski definition) is 3. The summed E-state index contributed by atoms with van der Waals surface area (Å²) in [5.74, 6) is -1.24. The standard InChI is InChI=1S/C17H11N5O3/c18-8-10-5-6-19-13(7-10)22-16(23)12-3-1-11(2-4-12)14-15(17(24)25)21-9-20-14/h1-7,9H,(H,20,21)(H,24,25)(H,19,22,23). The Kier molecular flexibility index (Phi) is 4.22. The minimum atomic E-state index is -1.11. The lowest BCUT2D eigenvalue weighted by atomic mass is 10.1. The Hall–Kier alpha value is -3.99. The SMILES string of the molecule is N#Cc1ccnc(NC(=O)c2ccc(-c3nc[nH]c3C(=O)O)cc2)c1. The van der Waals surface area contributed by atoms with Crippen LogP contribution in [-0.2, 0) is 0 Å². The first-order valence-corrected chi connectivity index (χ1v) is 7.13. The number of nitriles is 1. The Bertz CT molecular complexity index is 986. The average molecular weight is 333 g/mol. The number of aromatic amines is 1. The van der Waals surface area contributed by atoms with Crippen LogP contribution >= 0.6 is 0 Å². The molecule has 8 nitrogen and oxygen atoms in total. The van der Waals surface area contributed by atoms with E-state index in [9.17, 15) is 9.59 Å². The lowest BCUT2D eigenvalue weighted by Crippen LogP contribution is -2.12. The van der Waals surface area contributed by atoms with Gasteiger partial charge in [-0.2, -0.15) is 5.26 Å². The van der Waals surface area contributed by atoms with E-state index in [2.05, 4.69) is 20.3 Å². The third kappa shape index (κ3) is 3.35. The van der Waals surface area contributed by atoms with Gasteiger partial charge in [0.2, 0.25) is 0 Å². The van der Waals surface area contributed by atoms with Crippen LogP contribution in [0.4, 0.5) is 5.82 Å². The normalized spacial score (nSPS) is 10.0. The molecule has 1 amide bonds. The number of benzene rings is 1. The topological polar surface area (TPSA) is 132 Å². The number of amides is 1. The highest BCUT2D eigenvalue weighted by molar-refractivity contribution is 6.04. The van der Waals surface area contributed by atoms with E-state index in [0.29, 0.717) is 22.4 Å². The van der Waals surface area contributed by atoms with Crippen molar-refractivity contribution in [2.75, 3.05) is 5.32 Å². The van der Waals surface area contributed by atoms with Gasteiger partial charge in [0.15, 0.2) is 5.69 Å². The molecule has 0 aliphatic carbocycles. The van der Waals surface area contributed by atoms with Crippen molar-refractivity contribution in [3.05, 3.63) is 65.7 Å². The molecular formula is C17H11N5O3. The highest BCUT2D eigenvalue weighted by atomic mass is 16.4. The molecule has 122 valence electrons. The molecule has 3 aromatic rings. The third-order valence-corrected chi connectivity index (χ3v) is 3.40. The van der Waals surface area contributed by atoms with E-state index in [0.717, 1.165) is 0 Å². The van der Waals surface area contributed by atoms with Gasteiger partial charge in [0.05, 0.1) is 18.0 Å². The van der Waals surface area contributed by atoms with E-state index >= 15 is 0 Å². The first-order chi connectivity index (χ1) is 12.1. The second-order valence-corrected chi connectivity index (χ2v) is 5.00. The number of hydrogen-bond acceptors (Lipinski definition) is 5. The highest BCUT2D eigenvalue weighted by Crippen LogP contribution is 2.21. The van der Waals surface area contributed by atoms with Gasteiger partial charge in [-0.25, -0.2) is 14.8 Å². The molecule has 3 rings (SSSR count). The second kappa shape index (κ2) is 6.64. The van der Waals surface area contributed by atoms with Crippen LogP contribution < -0.4 is 5.32 Å². The molecule has 8 heteroatoms.